The topological polar surface area (TPSA) is 89.7 Å². The highest BCUT2D eigenvalue weighted by Crippen LogP contribution is 2.36. The summed E-state index contributed by atoms with van der Waals surface area (Å²) in [4.78, 5) is 35.4. The molecule has 1 unspecified atom stereocenters. The molecule has 170 valence electrons. The third-order valence-corrected chi connectivity index (χ3v) is 4.85. The van der Waals surface area contributed by atoms with Crippen LogP contribution in [0, 0.1) is 12.3 Å². The number of hydrogen-bond acceptors (Lipinski definition) is 4. The van der Waals surface area contributed by atoms with Crippen LogP contribution in [0.5, 0.6) is 0 Å². The average Bonchev–Trinajstić information content (AvgIpc) is 2.92. The van der Waals surface area contributed by atoms with E-state index in [0.29, 0.717) is 25.0 Å². The summed E-state index contributed by atoms with van der Waals surface area (Å²) in [6.45, 7) is 0. The fraction of sp³-hybridized carbons (Fsp3) is 0.611. The third-order valence-electron chi connectivity index (χ3n) is 3.72. The van der Waals surface area contributed by atoms with Gasteiger partial charge in [-0.2, -0.15) is 0 Å². The molecule has 12 heteroatoms. The van der Waals surface area contributed by atoms with E-state index in [1.165, 1.54) is 13.2 Å². The molecule has 0 aliphatic carbocycles. The average molecular weight is 543 g/mol. The number of methoxy groups -OCH3 is 1. The second-order valence-electron chi connectivity index (χ2n) is 6.16. The zero-order valence-corrected chi connectivity index (χ0v) is 20.6. The number of carbonyl (C=O) groups excluding carboxylic acids is 3. The first kappa shape index (κ1) is 29.5. The van der Waals surface area contributed by atoms with E-state index in [4.69, 9.17) is 86.5 Å². The molecule has 1 heterocycles. The maximum Gasteiger partial charge on any atom is 0.257 e. The van der Waals surface area contributed by atoms with Crippen LogP contribution in [0.3, 0.4) is 0 Å². The van der Waals surface area contributed by atoms with Crippen molar-refractivity contribution in [3.63, 3.8) is 0 Å². The van der Waals surface area contributed by atoms with E-state index in [0.717, 1.165) is 4.90 Å². The number of rotatable bonds is 8. The van der Waals surface area contributed by atoms with Gasteiger partial charge in [-0.05, 0) is 25.7 Å². The molecule has 6 nitrogen and oxygen atoms in total. The summed E-state index contributed by atoms with van der Waals surface area (Å²) in [7, 11) is 1.41. The van der Waals surface area contributed by atoms with Crippen LogP contribution in [0.4, 0.5) is 0 Å². The van der Waals surface area contributed by atoms with Gasteiger partial charge in [0.2, 0.25) is 11.8 Å². The molecule has 0 fully saturated rings. The van der Waals surface area contributed by atoms with Gasteiger partial charge in [0.25, 0.3) is 5.91 Å². The molecule has 1 aliphatic rings. The largest absolute Gasteiger partial charge is 0.499 e. The summed E-state index contributed by atoms with van der Waals surface area (Å²) in [5.41, 5.74) is 4.74. The fourth-order valence-electron chi connectivity index (χ4n) is 2.39. The summed E-state index contributed by atoms with van der Waals surface area (Å²) in [6, 6.07) is -0.594. The third kappa shape index (κ3) is 13.0. The molecular weight excluding hydrogens is 521 g/mol. The molecule has 1 rings (SSSR count). The number of imide groups is 1. The number of terminal acetylenes is 1. The number of amides is 3. The van der Waals surface area contributed by atoms with Gasteiger partial charge in [-0.15, -0.1) is 12.3 Å². The Bertz CT molecular complexity index is 680. The lowest BCUT2D eigenvalue weighted by Crippen LogP contribution is -2.41. The number of hydrogen-bond donors (Lipinski definition) is 1. The minimum Gasteiger partial charge on any atom is -0.499 e. The zero-order valence-electron chi connectivity index (χ0n) is 16.1. The smallest absolute Gasteiger partial charge is 0.257 e. The summed E-state index contributed by atoms with van der Waals surface area (Å²) in [5.74, 6) is 1.47. The van der Waals surface area contributed by atoms with Gasteiger partial charge < -0.3 is 10.5 Å². The van der Waals surface area contributed by atoms with Gasteiger partial charge >= 0.3 is 0 Å². The van der Waals surface area contributed by atoms with Gasteiger partial charge in [-0.3, -0.25) is 19.3 Å². The van der Waals surface area contributed by atoms with Crippen molar-refractivity contribution in [2.24, 2.45) is 5.73 Å². The number of primary amides is 1. The molecule has 0 radical (unpaired) electrons. The van der Waals surface area contributed by atoms with Crippen LogP contribution in [0.15, 0.2) is 11.8 Å². The molecule has 0 spiro atoms. The van der Waals surface area contributed by atoms with E-state index < -0.39 is 19.5 Å². The number of ether oxygens (including phenoxy) is 1. The van der Waals surface area contributed by atoms with Crippen LogP contribution in [-0.2, 0) is 19.1 Å². The van der Waals surface area contributed by atoms with Crippen molar-refractivity contribution >= 4 is 87.3 Å². The van der Waals surface area contributed by atoms with Crippen molar-refractivity contribution in [3.8, 4) is 12.3 Å². The van der Waals surface area contributed by atoms with E-state index in [1.807, 2.05) is 0 Å². The first-order valence-electron chi connectivity index (χ1n) is 8.68. The van der Waals surface area contributed by atoms with Gasteiger partial charge in [0.15, 0.2) is 7.59 Å². The summed E-state index contributed by atoms with van der Waals surface area (Å²) >= 11 is 34.1. The second kappa shape index (κ2) is 13.8. The Balaban J connectivity index is 0.00000103. The van der Waals surface area contributed by atoms with Gasteiger partial charge in [-0.1, -0.05) is 69.6 Å². The van der Waals surface area contributed by atoms with E-state index in [-0.39, 0.29) is 37.5 Å². The number of nitrogens with two attached hydrogens (primary N) is 1. The SMILES string of the molecule is C#CCCC(N)=O.COC1=CC(=O)N(C(=O)CCCC(Cl)(Cl)Cl)C1CCC(Cl)(Cl)Cl. The Hall–Kier alpha value is -0.550. The van der Waals surface area contributed by atoms with Crippen LogP contribution in [0.1, 0.15) is 44.9 Å². The number of alkyl halides is 6. The van der Waals surface area contributed by atoms with Crippen molar-refractivity contribution in [1.29, 1.82) is 0 Å². The van der Waals surface area contributed by atoms with Crippen molar-refractivity contribution in [2.75, 3.05) is 7.11 Å². The normalized spacial score (nSPS) is 16.3. The molecule has 1 aliphatic heterocycles. The molecule has 0 aromatic heterocycles. The minimum atomic E-state index is -1.48. The van der Waals surface area contributed by atoms with E-state index >= 15 is 0 Å². The van der Waals surface area contributed by atoms with E-state index in [1.54, 1.807) is 0 Å². The maximum absolute atomic E-state index is 12.3. The minimum absolute atomic E-state index is 0.0642. The predicted molar refractivity (Wildman–Crippen MR) is 122 cm³/mol. The Morgan fingerprint density at radius 2 is 1.73 bits per heavy atom. The van der Waals surface area contributed by atoms with E-state index in [9.17, 15) is 14.4 Å². The summed E-state index contributed by atoms with van der Waals surface area (Å²) < 4.78 is 2.24. The molecule has 3 amide bonds. The first-order valence-corrected chi connectivity index (χ1v) is 11.0. The summed E-state index contributed by atoms with van der Waals surface area (Å²) in [6.07, 6.45) is 7.87. The second-order valence-corrected chi connectivity index (χ2v) is 11.2. The lowest BCUT2D eigenvalue weighted by Gasteiger charge is -2.26. The molecule has 0 aromatic carbocycles. The van der Waals surface area contributed by atoms with Crippen molar-refractivity contribution < 1.29 is 19.1 Å². The van der Waals surface area contributed by atoms with Crippen LogP contribution >= 0.6 is 69.6 Å². The Morgan fingerprint density at radius 1 is 1.17 bits per heavy atom. The highest BCUT2D eigenvalue weighted by molar-refractivity contribution is 6.67. The predicted octanol–water partition coefficient (Wildman–Crippen LogP) is 4.83. The van der Waals surface area contributed by atoms with Crippen LogP contribution in [0.2, 0.25) is 0 Å². The molecule has 0 aromatic rings. The van der Waals surface area contributed by atoms with Crippen molar-refractivity contribution in [1.82, 2.24) is 4.90 Å². The van der Waals surface area contributed by atoms with E-state index in [2.05, 4.69) is 5.92 Å². The molecule has 30 heavy (non-hydrogen) atoms. The van der Waals surface area contributed by atoms with Gasteiger partial charge in [0.1, 0.15) is 5.76 Å². The lowest BCUT2D eigenvalue weighted by atomic mass is 10.1. The summed E-state index contributed by atoms with van der Waals surface area (Å²) in [5, 5.41) is 0. The zero-order chi connectivity index (χ0) is 23.5. The number of halogens is 6. The highest BCUT2D eigenvalue weighted by atomic mass is 35.6. The maximum atomic E-state index is 12.3. The Labute approximate surface area is 206 Å². The highest BCUT2D eigenvalue weighted by Gasteiger charge is 2.39. The molecule has 0 saturated heterocycles. The first-order chi connectivity index (χ1) is 13.7. The van der Waals surface area contributed by atoms with Crippen LogP contribution < -0.4 is 5.73 Å². The van der Waals surface area contributed by atoms with Crippen LogP contribution in [-0.4, -0.2) is 43.4 Å². The van der Waals surface area contributed by atoms with Gasteiger partial charge in [0.05, 0.1) is 13.2 Å². The fourth-order valence-corrected chi connectivity index (χ4v) is 3.12. The molecule has 2 N–H and O–H groups in total. The standard InChI is InChI=1S/C13H15Cl6NO3.C5H7NO/c1-23-9-7-11(22)20(8(9)4-6-13(17,18)19)10(21)3-2-5-12(14,15)16;1-2-3-4-5(6)7/h7-8H,2-6H2,1H3;1H,3-4H2,(H2,6,7). The molecule has 0 saturated carbocycles. The Morgan fingerprint density at radius 3 is 2.13 bits per heavy atom. The van der Waals surface area contributed by atoms with Crippen molar-refractivity contribution in [3.05, 3.63) is 11.8 Å². The lowest BCUT2D eigenvalue weighted by molar-refractivity contribution is -0.143. The van der Waals surface area contributed by atoms with Gasteiger partial charge in [0, 0.05) is 25.3 Å². The number of carbonyl (C=O) groups is 3. The molecule has 0 bridgehead atoms. The molecule has 1 atom stereocenters. The Kier molecular flexibility index (Phi) is 13.5. The quantitative estimate of drug-likeness (QED) is 0.351. The number of nitrogens with zero attached hydrogens (tertiary/aromatic N) is 1. The van der Waals surface area contributed by atoms with Crippen molar-refractivity contribution in [2.45, 2.75) is 58.6 Å². The van der Waals surface area contributed by atoms with Gasteiger partial charge in [-0.25, -0.2) is 0 Å². The molecular formula is C18H22Cl6N2O4. The monoisotopic (exact) mass is 540 g/mol. The van der Waals surface area contributed by atoms with Crippen LogP contribution in [0.25, 0.3) is 0 Å².